The molecule has 12 heteroatoms. The maximum absolute atomic E-state index is 9.93. The number of carbonyl (C=O) groups excluding carboxylic acids is 1. The molecule has 0 aliphatic heterocycles. The van der Waals surface area contributed by atoms with Gasteiger partial charge in [-0.05, 0) is 0 Å². The Balaban J connectivity index is 0. The monoisotopic (exact) mass is 398 g/mol. The van der Waals surface area contributed by atoms with Gasteiger partial charge in [0.05, 0.1) is 30.6 Å². The van der Waals surface area contributed by atoms with Gasteiger partial charge in [0.1, 0.15) is 36.6 Å². The molecule has 0 rings (SSSR count). The van der Waals surface area contributed by atoms with Gasteiger partial charge in [-0.25, -0.2) is 0 Å². The molecular formula is C12H24Cl2O10. The van der Waals surface area contributed by atoms with E-state index in [1.54, 1.807) is 0 Å². The third kappa shape index (κ3) is 9.39. The predicted molar refractivity (Wildman–Crippen MR) is 82.6 cm³/mol. The fourth-order valence-corrected chi connectivity index (χ4v) is 1.62. The van der Waals surface area contributed by atoms with Gasteiger partial charge in [0.25, 0.3) is 0 Å². The first-order valence-corrected chi connectivity index (χ1v) is 7.78. The van der Waals surface area contributed by atoms with Gasteiger partial charge in [-0.15, -0.1) is 23.2 Å². The van der Waals surface area contributed by atoms with Crippen molar-refractivity contribution in [1.82, 2.24) is 0 Å². The van der Waals surface area contributed by atoms with E-state index in [1.807, 2.05) is 0 Å². The van der Waals surface area contributed by atoms with Crippen molar-refractivity contribution in [3.63, 3.8) is 0 Å². The molecule has 0 aliphatic carbocycles. The molecule has 0 radical (unpaired) electrons. The molecule has 0 aromatic rings. The molecule has 0 bridgehead atoms. The molecule has 0 aromatic carbocycles. The van der Waals surface area contributed by atoms with E-state index >= 15 is 0 Å². The summed E-state index contributed by atoms with van der Waals surface area (Å²) in [5.41, 5.74) is 0. The zero-order valence-corrected chi connectivity index (χ0v) is 14.0. The summed E-state index contributed by atoms with van der Waals surface area (Å²) in [5.74, 6) is -0.541. The van der Waals surface area contributed by atoms with Crippen molar-refractivity contribution in [3.8, 4) is 0 Å². The van der Waals surface area contributed by atoms with Crippen molar-refractivity contribution < 1.29 is 50.8 Å². The number of aliphatic hydroxyl groups excluding tert-OH is 9. The zero-order chi connectivity index (χ0) is 19.4. The van der Waals surface area contributed by atoms with E-state index in [0.29, 0.717) is 0 Å². The summed E-state index contributed by atoms with van der Waals surface area (Å²) in [7, 11) is 0. The average molecular weight is 399 g/mol. The van der Waals surface area contributed by atoms with Crippen LogP contribution in [0, 0.1) is 0 Å². The second kappa shape index (κ2) is 14.1. The van der Waals surface area contributed by atoms with Crippen molar-refractivity contribution in [1.29, 1.82) is 0 Å². The molecule has 0 unspecified atom stereocenters. The van der Waals surface area contributed by atoms with Crippen LogP contribution in [0.5, 0.6) is 0 Å². The molecule has 146 valence electrons. The Bertz CT molecular complexity index is 310. The highest BCUT2D eigenvalue weighted by Crippen LogP contribution is 2.06. The lowest BCUT2D eigenvalue weighted by Crippen LogP contribution is -2.46. The van der Waals surface area contributed by atoms with Gasteiger partial charge >= 0.3 is 0 Å². The van der Waals surface area contributed by atoms with Gasteiger partial charge in [-0.3, -0.25) is 0 Å². The summed E-state index contributed by atoms with van der Waals surface area (Å²) < 4.78 is 0. The molecule has 0 heterocycles. The lowest BCUT2D eigenvalue weighted by Gasteiger charge is -2.24. The summed E-state index contributed by atoms with van der Waals surface area (Å²) >= 11 is 10.3. The molecular weight excluding hydrogens is 375 g/mol. The molecule has 24 heavy (non-hydrogen) atoms. The molecule has 0 saturated carbocycles. The summed E-state index contributed by atoms with van der Waals surface area (Å²) in [5, 5.41) is 79.7. The Morgan fingerprint density at radius 3 is 1.29 bits per heavy atom. The molecule has 0 amide bonds. The highest BCUT2D eigenvalue weighted by atomic mass is 35.5. The van der Waals surface area contributed by atoms with Crippen LogP contribution in [0.4, 0.5) is 0 Å². The molecule has 0 fully saturated rings. The van der Waals surface area contributed by atoms with E-state index in [0.717, 1.165) is 0 Å². The number of hydrogen-bond acceptors (Lipinski definition) is 10. The average Bonchev–Trinajstić information content (AvgIpc) is 2.62. The highest BCUT2D eigenvalue weighted by Gasteiger charge is 2.30. The van der Waals surface area contributed by atoms with Crippen molar-refractivity contribution in [2.75, 3.05) is 18.4 Å². The smallest absolute Gasteiger partial charge is 0.151 e. The van der Waals surface area contributed by atoms with E-state index < -0.39 is 55.4 Å². The number of carbonyl (C=O) groups is 1. The number of alkyl halides is 2. The lowest BCUT2D eigenvalue weighted by molar-refractivity contribution is -0.132. The van der Waals surface area contributed by atoms with E-state index in [4.69, 9.17) is 69.2 Å². The third-order valence-corrected chi connectivity index (χ3v) is 3.51. The molecule has 10 nitrogen and oxygen atoms in total. The second-order valence-corrected chi connectivity index (χ2v) is 5.40. The Kier molecular flexibility index (Phi) is 15.3. The first-order valence-electron chi connectivity index (χ1n) is 6.71. The molecule has 0 aromatic heterocycles. The summed E-state index contributed by atoms with van der Waals surface area (Å²) in [4.78, 5) is 9.93. The molecule has 0 aliphatic rings. The highest BCUT2D eigenvalue weighted by molar-refractivity contribution is 6.18. The lowest BCUT2D eigenvalue weighted by atomic mass is 10.0. The molecule has 0 spiro atoms. The van der Waals surface area contributed by atoms with Crippen LogP contribution in [-0.2, 0) is 4.79 Å². The number of rotatable bonds is 10. The summed E-state index contributed by atoms with van der Waals surface area (Å²) in [6.07, 6.45) is -12.3. The van der Waals surface area contributed by atoms with Crippen LogP contribution >= 0.6 is 23.2 Å². The van der Waals surface area contributed by atoms with Crippen LogP contribution in [0.1, 0.15) is 0 Å². The second-order valence-electron chi connectivity index (χ2n) is 4.78. The maximum Gasteiger partial charge on any atom is 0.151 e. The normalized spacial score (nSPS) is 21.3. The van der Waals surface area contributed by atoms with Crippen molar-refractivity contribution in [2.45, 2.75) is 48.8 Å². The minimum absolute atomic E-state index is 0.0643. The summed E-state index contributed by atoms with van der Waals surface area (Å²) in [6, 6.07) is 0. The maximum atomic E-state index is 9.93. The first kappa shape index (κ1) is 26.1. The third-order valence-electron chi connectivity index (χ3n) is 2.88. The van der Waals surface area contributed by atoms with Gasteiger partial charge in [-0.1, -0.05) is 0 Å². The Morgan fingerprint density at radius 2 is 1.00 bits per heavy atom. The number of hydrogen-bond donors (Lipinski definition) is 9. The molecule has 9 N–H and O–H groups in total. The fourth-order valence-electron chi connectivity index (χ4n) is 1.26. The Morgan fingerprint density at radius 1 is 0.667 bits per heavy atom. The van der Waals surface area contributed by atoms with E-state index in [2.05, 4.69) is 0 Å². The van der Waals surface area contributed by atoms with Crippen molar-refractivity contribution in [3.05, 3.63) is 0 Å². The zero-order valence-electron chi connectivity index (χ0n) is 12.5. The van der Waals surface area contributed by atoms with Gasteiger partial charge in [-0.2, -0.15) is 0 Å². The minimum atomic E-state index is -1.71. The van der Waals surface area contributed by atoms with Gasteiger partial charge in [0.2, 0.25) is 0 Å². The minimum Gasteiger partial charge on any atom is -0.394 e. The van der Waals surface area contributed by atoms with Crippen LogP contribution in [0.3, 0.4) is 0 Å². The fraction of sp³-hybridized carbons (Fsp3) is 0.917. The van der Waals surface area contributed by atoms with Crippen LogP contribution in [0.2, 0.25) is 0 Å². The van der Waals surface area contributed by atoms with Gasteiger partial charge < -0.3 is 50.8 Å². The van der Waals surface area contributed by atoms with Crippen LogP contribution in [0.25, 0.3) is 0 Å². The number of aldehydes is 1. The van der Waals surface area contributed by atoms with Gasteiger partial charge in [0, 0.05) is 0 Å². The predicted octanol–water partition coefficient (Wildman–Crippen LogP) is -4.47. The first-order chi connectivity index (χ1) is 11.1. The van der Waals surface area contributed by atoms with Crippen molar-refractivity contribution >= 4 is 29.5 Å². The standard InChI is InChI=1S/C6H13ClO5.C6H11ClO5/c2*7-1-3(9)5(11)6(12)4(10)2-8/h3-6,8-12H,1-2H2;2-6,9-12H,1H2/t2*3-,4-,5-,6-/m11/s1. The SMILES string of the molecule is O=C[C@@H](O)[C@@H](O)[C@H](O)[C@H](O)CCl.OC[C@@H](O)[C@@H](O)[C@H](O)[C@H](O)CCl. The van der Waals surface area contributed by atoms with Crippen LogP contribution in [0.15, 0.2) is 0 Å². The van der Waals surface area contributed by atoms with E-state index in [9.17, 15) is 4.79 Å². The van der Waals surface area contributed by atoms with Gasteiger partial charge in [0.15, 0.2) is 6.29 Å². The van der Waals surface area contributed by atoms with Crippen LogP contribution in [-0.4, -0.2) is 119 Å². The van der Waals surface area contributed by atoms with E-state index in [-0.39, 0.29) is 18.0 Å². The number of aliphatic hydroxyl groups is 9. The Labute approximate surface area is 148 Å². The number of halogens is 2. The Hall–Kier alpha value is -0.110. The molecule has 0 saturated heterocycles. The quantitative estimate of drug-likeness (QED) is 0.127. The largest absolute Gasteiger partial charge is 0.394 e. The topological polar surface area (TPSA) is 199 Å². The van der Waals surface area contributed by atoms with E-state index in [1.165, 1.54) is 0 Å². The summed E-state index contributed by atoms with van der Waals surface area (Å²) in [6.45, 7) is -0.687. The molecule has 8 atom stereocenters. The van der Waals surface area contributed by atoms with Crippen LogP contribution < -0.4 is 0 Å². The van der Waals surface area contributed by atoms with Crippen molar-refractivity contribution in [2.24, 2.45) is 0 Å².